The maximum Gasteiger partial charge on any atom is 0.191 e. The molecule has 1 aromatic heterocycles. The minimum absolute atomic E-state index is 0.311. The summed E-state index contributed by atoms with van der Waals surface area (Å²) in [6.45, 7) is 6.18. The SMILES string of the molecule is CCNC(=NCc1nnc2n1CCC2)NCC1CCCO1. The fourth-order valence-corrected chi connectivity index (χ4v) is 2.84. The maximum atomic E-state index is 5.62. The molecule has 0 amide bonds. The minimum Gasteiger partial charge on any atom is -0.376 e. The summed E-state index contributed by atoms with van der Waals surface area (Å²) in [4.78, 5) is 4.61. The first-order valence-electron chi connectivity index (χ1n) is 7.91. The van der Waals surface area contributed by atoms with E-state index < -0.39 is 0 Å². The number of aromatic nitrogens is 3. The van der Waals surface area contributed by atoms with Gasteiger partial charge in [0.1, 0.15) is 12.4 Å². The molecule has 0 aliphatic carbocycles. The van der Waals surface area contributed by atoms with Gasteiger partial charge < -0.3 is 19.9 Å². The highest BCUT2D eigenvalue weighted by molar-refractivity contribution is 5.79. The number of aliphatic imine (C=N–C) groups is 1. The van der Waals surface area contributed by atoms with E-state index in [1.54, 1.807) is 0 Å². The second-order valence-corrected chi connectivity index (χ2v) is 5.50. The van der Waals surface area contributed by atoms with Crippen LogP contribution in [0.3, 0.4) is 0 Å². The number of nitrogens with one attached hydrogen (secondary N) is 2. The average molecular weight is 292 g/mol. The smallest absolute Gasteiger partial charge is 0.191 e. The third-order valence-corrected chi connectivity index (χ3v) is 3.93. The van der Waals surface area contributed by atoms with Gasteiger partial charge in [0.25, 0.3) is 0 Å². The lowest BCUT2D eigenvalue weighted by Crippen LogP contribution is -2.41. The Labute approximate surface area is 125 Å². The molecule has 7 nitrogen and oxygen atoms in total. The normalized spacial score (nSPS) is 21.6. The van der Waals surface area contributed by atoms with E-state index in [0.29, 0.717) is 12.6 Å². The van der Waals surface area contributed by atoms with Crippen LogP contribution >= 0.6 is 0 Å². The molecule has 2 N–H and O–H groups in total. The number of ether oxygens (including phenoxy) is 1. The Kier molecular flexibility index (Phi) is 4.69. The molecule has 0 saturated carbocycles. The molecule has 1 unspecified atom stereocenters. The quantitative estimate of drug-likeness (QED) is 0.609. The molecular formula is C14H24N6O. The van der Waals surface area contributed by atoms with Crippen molar-refractivity contribution in [2.45, 2.75) is 51.8 Å². The summed E-state index contributed by atoms with van der Waals surface area (Å²) >= 11 is 0. The summed E-state index contributed by atoms with van der Waals surface area (Å²) in [6.07, 6.45) is 4.80. The fourth-order valence-electron chi connectivity index (χ4n) is 2.84. The van der Waals surface area contributed by atoms with Crippen molar-refractivity contribution in [1.82, 2.24) is 25.4 Å². The number of fused-ring (bicyclic) bond motifs is 1. The van der Waals surface area contributed by atoms with Crippen molar-refractivity contribution in [2.75, 3.05) is 19.7 Å². The van der Waals surface area contributed by atoms with Crippen molar-refractivity contribution in [3.8, 4) is 0 Å². The van der Waals surface area contributed by atoms with E-state index in [-0.39, 0.29) is 0 Å². The number of hydrogen-bond donors (Lipinski definition) is 2. The Bertz CT molecular complexity index is 492. The van der Waals surface area contributed by atoms with Gasteiger partial charge in [-0.25, -0.2) is 4.99 Å². The highest BCUT2D eigenvalue weighted by Crippen LogP contribution is 2.14. The first kappa shape index (κ1) is 14.3. The van der Waals surface area contributed by atoms with Crippen molar-refractivity contribution in [3.05, 3.63) is 11.6 Å². The minimum atomic E-state index is 0.311. The predicted octanol–water partition coefficient (Wildman–Crippen LogP) is 0.458. The molecule has 2 aliphatic rings. The number of guanidine groups is 1. The van der Waals surface area contributed by atoms with E-state index in [1.165, 1.54) is 6.42 Å². The Morgan fingerprint density at radius 2 is 2.33 bits per heavy atom. The molecule has 1 aromatic rings. The molecule has 1 saturated heterocycles. The van der Waals surface area contributed by atoms with Crippen LogP contribution in [0.5, 0.6) is 0 Å². The molecule has 1 fully saturated rings. The first-order valence-corrected chi connectivity index (χ1v) is 7.91. The van der Waals surface area contributed by atoms with Crippen LogP contribution in [0.2, 0.25) is 0 Å². The van der Waals surface area contributed by atoms with Gasteiger partial charge in [0.05, 0.1) is 6.10 Å². The molecular weight excluding hydrogens is 268 g/mol. The number of rotatable bonds is 5. The molecule has 3 heterocycles. The maximum absolute atomic E-state index is 5.62. The van der Waals surface area contributed by atoms with Crippen LogP contribution in [0.4, 0.5) is 0 Å². The van der Waals surface area contributed by atoms with Gasteiger partial charge >= 0.3 is 0 Å². The lowest BCUT2D eigenvalue weighted by atomic mass is 10.2. The first-order chi connectivity index (χ1) is 10.4. The Hall–Kier alpha value is -1.63. The zero-order valence-electron chi connectivity index (χ0n) is 12.6. The molecule has 1 atom stereocenters. The molecule has 3 rings (SSSR count). The molecule has 7 heteroatoms. The summed E-state index contributed by atoms with van der Waals surface area (Å²) in [5.41, 5.74) is 0. The molecule has 0 spiro atoms. The van der Waals surface area contributed by atoms with Crippen molar-refractivity contribution >= 4 is 5.96 Å². The van der Waals surface area contributed by atoms with Crippen LogP contribution in [0.15, 0.2) is 4.99 Å². The molecule has 0 aromatic carbocycles. The fraction of sp³-hybridized carbons (Fsp3) is 0.786. The standard InChI is InChI=1S/C14H24N6O/c1-2-15-14(16-9-11-5-4-8-21-11)17-10-13-19-18-12-6-3-7-20(12)13/h11H,2-10H2,1H3,(H2,15,16,17). The van der Waals surface area contributed by atoms with Crippen LogP contribution in [0.1, 0.15) is 37.8 Å². The summed E-state index contributed by atoms with van der Waals surface area (Å²) in [7, 11) is 0. The Morgan fingerprint density at radius 3 is 3.14 bits per heavy atom. The predicted molar refractivity (Wildman–Crippen MR) is 80.1 cm³/mol. The van der Waals surface area contributed by atoms with Crippen LogP contribution in [-0.4, -0.2) is 46.5 Å². The average Bonchev–Trinajstić information content (AvgIpc) is 3.19. The molecule has 116 valence electrons. The van der Waals surface area contributed by atoms with E-state index in [9.17, 15) is 0 Å². The van der Waals surface area contributed by atoms with Crippen molar-refractivity contribution in [3.63, 3.8) is 0 Å². The number of hydrogen-bond acceptors (Lipinski definition) is 4. The third-order valence-electron chi connectivity index (χ3n) is 3.93. The Balaban J connectivity index is 1.56. The topological polar surface area (TPSA) is 76.4 Å². The zero-order chi connectivity index (χ0) is 14.5. The van der Waals surface area contributed by atoms with Crippen LogP contribution in [0, 0.1) is 0 Å². The number of aryl methyl sites for hydroxylation is 1. The summed E-state index contributed by atoms with van der Waals surface area (Å²) in [5.74, 6) is 2.87. The number of nitrogens with zero attached hydrogens (tertiary/aromatic N) is 4. The van der Waals surface area contributed by atoms with E-state index in [1.807, 2.05) is 0 Å². The molecule has 2 aliphatic heterocycles. The van der Waals surface area contributed by atoms with Crippen LogP contribution in [-0.2, 0) is 24.2 Å². The van der Waals surface area contributed by atoms with Gasteiger partial charge in [-0.05, 0) is 26.2 Å². The van der Waals surface area contributed by atoms with Crippen molar-refractivity contribution in [2.24, 2.45) is 4.99 Å². The summed E-state index contributed by atoms with van der Waals surface area (Å²) in [5, 5.41) is 15.1. The van der Waals surface area contributed by atoms with Gasteiger partial charge in [0.2, 0.25) is 0 Å². The van der Waals surface area contributed by atoms with E-state index in [2.05, 4.69) is 37.3 Å². The van der Waals surface area contributed by atoms with E-state index >= 15 is 0 Å². The van der Waals surface area contributed by atoms with E-state index in [4.69, 9.17) is 4.74 Å². The molecule has 21 heavy (non-hydrogen) atoms. The molecule has 0 radical (unpaired) electrons. The van der Waals surface area contributed by atoms with Gasteiger partial charge in [-0.1, -0.05) is 0 Å². The lowest BCUT2D eigenvalue weighted by Gasteiger charge is -2.14. The highest BCUT2D eigenvalue weighted by atomic mass is 16.5. The second kappa shape index (κ2) is 6.89. The van der Waals surface area contributed by atoms with Gasteiger partial charge in [-0.2, -0.15) is 0 Å². The Morgan fingerprint density at radius 1 is 1.38 bits per heavy atom. The van der Waals surface area contributed by atoms with Crippen LogP contribution < -0.4 is 10.6 Å². The van der Waals surface area contributed by atoms with Crippen molar-refractivity contribution in [1.29, 1.82) is 0 Å². The van der Waals surface area contributed by atoms with Crippen LogP contribution in [0.25, 0.3) is 0 Å². The third kappa shape index (κ3) is 3.53. The van der Waals surface area contributed by atoms with Crippen molar-refractivity contribution < 1.29 is 4.74 Å². The summed E-state index contributed by atoms with van der Waals surface area (Å²) < 4.78 is 7.81. The monoisotopic (exact) mass is 292 g/mol. The van der Waals surface area contributed by atoms with Gasteiger partial charge in [-0.3, -0.25) is 0 Å². The molecule has 0 bridgehead atoms. The summed E-state index contributed by atoms with van der Waals surface area (Å²) in [6, 6.07) is 0. The largest absolute Gasteiger partial charge is 0.376 e. The lowest BCUT2D eigenvalue weighted by molar-refractivity contribution is 0.114. The highest BCUT2D eigenvalue weighted by Gasteiger charge is 2.17. The second-order valence-electron chi connectivity index (χ2n) is 5.50. The zero-order valence-corrected chi connectivity index (χ0v) is 12.6. The van der Waals surface area contributed by atoms with Gasteiger partial charge in [-0.15, -0.1) is 10.2 Å². The van der Waals surface area contributed by atoms with Gasteiger partial charge in [0, 0.05) is 32.7 Å². The van der Waals surface area contributed by atoms with Gasteiger partial charge in [0.15, 0.2) is 11.8 Å². The van der Waals surface area contributed by atoms with E-state index in [0.717, 1.165) is 63.1 Å².